The molecule has 0 saturated carbocycles. The topological polar surface area (TPSA) is 46.3 Å². The molecular formula is C17H27ClN2O. The van der Waals surface area contributed by atoms with E-state index in [4.69, 9.17) is 5.73 Å². The molecule has 2 N–H and O–H groups in total. The van der Waals surface area contributed by atoms with Crippen LogP contribution in [0.5, 0.6) is 0 Å². The highest BCUT2D eigenvalue weighted by Crippen LogP contribution is 2.31. The number of rotatable bonds is 6. The van der Waals surface area contributed by atoms with Crippen molar-refractivity contribution in [1.29, 1.82) is 0 Å². The van der Waals surface area contributed by atoms with E-state index < -0.39 is 0 Å². The molecule has 1 aliphatic rings. The number of nitrogens with two attached hydrogens (primary N) is 1. The number of carbonyl (C=O) groups is 1. The molecule has 1 unspecified atom stereocenters. The fourth-order valence-electron chi connectivity index (χ4n) is 2.99. The predicted octanol–water partition coefficient (Wildman–Crippen LogP) is 3.68. The van der Waals surface area contributed by atoms with Crippen LogP contribution in [0.2, 0.25) is 0 Å². The molecule has 1 atom stereocenters. The lowest BCUT2D eigenvalue weighted by Gasteiger charge is -2.36. The number of carbonyl (C=O) groups excluding carboxylic acids is 1. The number of hydrogen-bond acceptors (Lipinski definition) is 2. The Labute approximate surface area is 134 Å². The van der Waals surface area contributed by atoms with Gasteiger partial charge in [-0.2, -0.15) is 0 Å². The third-order valence-electron chi connectivity index (χ3n) is 4.10. The Morgan fingerprint density at radius 3 is 2.62 bits per heavy atom. The van der Waals surface area contributed by atoms with E-state index >= 15 is 0 Å². The first-order valence-electron chi connectivity index (χ1n) is 7.87. The Morgan fingerprint density at radius 1 is 1.14 bits per heavy atom. The molecule has 118 valence electrons. The number of amides is 1. The number of piperidine rings is 1. The van der Waals surface area contributed by atoms with Gasteiger partial charge in [-0.3, -0.25) is 4.79 Å². The number of nitrogens with zero attached hydrogens (tertiary/aromatic N) is 1. The van der Waals surface area contributed by atoms with Gasteiger partial charge in [0.25, 0.3) is 0 Å². The Bertz CT molecular complexity index is 411. The zero-order valence-electron chi connectivity index (χ0n) is 12.7. The summed E-state index contributed by atoms with van der Waals surface area (Å²) in [5.74, 6) is 0.315. The minimum Gasteiger partial charge on any atom is -0.336 e. The lowest BCUT2D eigenvalue weighted by molar-refractivity contribution is -0.135. The van der Waals surface area contributed by atoms with Gasteiger partial charge in [-0.25, -0.2) is 0 Å². The number of unbranched alkanes of at least 4 members (excludes halogenated alkanes) is 2. The van der Waals surface area contributed by atoms with Gasteiger partial charge in [-0.1, -0.05) is 36.8 Å². The standard InChI is InChI=1S/C17H26N2O.ClH/c18-13-7-2-5-12-17(20)19-14-8-6-11-16(19)15-9-3-1-4-10-15;/h1,3-4,9-10,16H,2,5-8,11-14,18H2;1H. The molecular weight excluding hydrogens is 284 g/mol. The van der Waals surface area contributed by atoms with Gasteiger partial charge in [-0.15, -0.1) is 12.4 Å². The van der Waals surface area contributed by atoms with Crippen molar-refractivity contribution in [3.8, 4) is 0 Å². The molecule has 0 aliphatic carbocycles. The molecule has 1 amide bonds. The molecule has 1 heterocycles. The number of hydrogen-bond donors (Lipinski definition) is 1. The van der Waals surface area contributed by atoms with Gasteiger partial charge in [0.05, 0.1) is 6.04 Å². The summed E-state index contributed by atoms with van der Waals surface area (Å²) in [4.78, 5) is 14.5. The third-order valence-corrected chi connectivity index (χ3v) is 4.10. The Kier molecular flexibility index (Phi) is 8.40. The zero-order valence-corrected chi connectivity index (χ0v) is 13.5. The highest BCUT2D eigenvalue weighted by atomic mass is 35.5. The van der Waals surface area contributed by atoms with E-state index in [0.717, 1.165) is 45.2 Å². The maximum Gasteiger partial charge on any atom is 0.223 e. The summed E-state index contributed by atoms with van der Waals surface area (Å²) in [5.41, 5.74) is 6.77. The summed E-state index contributed by atoms with van der Waals surface area (Å²) in [6.45, 7) is 1.64. The molecule has 1 aromatic rings. The second-order valence-electron chi connectivity index (χ2n) is 5.61. The minimum atomic E-state index is 0. The fourth-order valence-corrected chi connectivity index (χ4v) is 2.99. The van der Waals surface area contributed by atoms with Crippen molar-refractivity contribution >= 4 is 18.3 Å². The van der Waals surface area contributed by atoms with E-state index in [0.29, 0.717) is 12.3 Å². The maximum atomic E-state index is 12.4. The van der Waals surface area contributed by atoms with Crippen molar-refractivity contribution < 1.29 is 4.79 Å². The monoisotopic (exact) mass is 310 g/mol. The van der Waals surface area contributed by atoms with Gasteiger partial charge in [0, 0.05) is 13.0 Å². The van der Waals surface area contributed by atoms with Crippen LogP contribution in [0.3, 0.4) is 0 Å². The number of likely N-dealkylation sites (tertiary alicyclic amines) is 1. The van der Waals surface area contributed by atoms with E-state index in [2.05, 4.69) is 29.2 Å². The van der Waals surface area contributed by atoms with Crippen LogP contribution in [0.4, 0.5) is 0 Å². The van der Waals surface area contributed by atoms with Crippen molar-refractivity contribution in [3.05, 3.63) is 35.9 Å². The molecule has 1 saturated heterocycles. The summed E-state index contributed by atoms with van der Waals surface area (Å²) in [5, 5.41) is 0. The lowest BCUT2D eigenvalue weighted by atomic mass is 9.94. The van der Waals surface area contributed by atoms with Crippen LogP contribution in [-0.2, 0) is 4.79 Å². The molecule has 3 nitrogen and oxygen atoms in total. The van der Waals surface area contributed by atoms with E-state index in [1.165, 1.54) is 12.0 Å². The molecule has 1 aromatic carbocycles. The number of halogens is 1. The zero-order chi connectivity index (χ0) is 14.2. The molecule has 4 heteroatoms. The molecule has 21 heavy (non-hydrogen) atoms. The molecule has 1 aliphatic heterocycles. The summed E-state index contributed by atoms with van der Waals surface area (Å²) < 4.78 is 0. The average molecular weight is 311 g/mol. The van der Waals surface area contributed by atoms with Gasteiger partial charge >= 0.3 is 0 Å². The first kappa shape index (κ1) is 18.0. The maximum absolute atomic E-state index is 12.4. The quantitative estimate of drug-likeness (QED) is 0.815. The van der Waals surface area contributed by atoms with Crippen LogP contribution < -0.4 is 5.73 Å². The van der Waals surface area contributed by atoms with E-state index in [1.54, 1.807) is 0 Å². The van der Waals surface area contributed by atoms with E-state index in [9.17, 15) is 4.79 Å². The Hall–Kier alpha value is -1.06. The summed E-state index contributed by atoms with van der Waals surface area (Å²) in [6, 6.07) is 10.7. The lowest BCUT2D eigenvalue weighted by Crippen LogP contribution is -2.38. The summed E-state index contributed by atoms with van der Waals surface area (Å²) >= 11 is 0. The third kappa shape index (κ3) is 5.33. The minimum absolute atomic E-state index is 0. The first-order chi connectivity index (χ1) is 9.83. The highest BCUT2D eigenvalue weighted by molar-refractivity contribution is 5.85. The van der Waals surface area contributed by atoms with Gasteiger partial charge < -0.3 is 10.6 Å². The molecule has 0 bridgehead atoms. The molecule has 0 aromatic heterocycles. The van der Waals surface area contributed by atoms with Crippen molar-refractivity contribution in [2.24, 2.45) is 5.73 Å². The smallest absolute Gasteiger partial charge is 0.223 e. The summed E-state index contributed by atoms with van der Waals surface area (Å²) in [6.07, 6.45) is 7.17. The average Bonchev–Trinajstić information content (AvgIpc) is 2.52. The van der Waals surface area contributed by atoms with Crippen LogP contribution >= 0.6 is 12.4 Å². The van der Waals surface area contributed by atoms with Crippen molar-refractivity contribution in [3.63, 3.8) is 0 Å². The normalized spacial score (nSPS) is 18.1. The SMILES string of the molecule is Cl.NCCCCCC(=O)N1CCCCC1c1ccccc1. The second-order valence-corrected chi connectivity index (χ2v) is 5.61. The molecule has 2 rings (SSSR count). The van der Waals surface area contributed by atoms with Gasteiger partial charge in [0.1, 0.15) is 0 Å². The van der Waals surface area contributed by atoms with Crippen molar-refractivity contribution in [2.45, 2.75) is 51.0 Å². The summed E-state index contributed by atoms with van der Waals surface area (Å²) in [7, 11) is 0. The second kappa shape index (κ2) is 9.80. The van der Waals surface area contributed by atoms with Crippen LogP contribution in [0.15, 0.2) is 30.3 Å². The van der Waals surface area contributed by atoms with E-state index in [-0.39, 0.29) is 18.4 Å². The number of benzene rings is 1. The van der Waals surface area contributed by atoms with E-state index in [1.807, 2.05) is 6.07 Å². The molecule has 1 fully saturated rings. The van der Waals surface area contributed by atoms with Gasteiger partial charge in [0.15, 0.2) is 0 Å². The largest absolute Gasteiger partial charge is 0.336 e. The van der Waals surface area contributed by atoms with Gasteiger partial charge in [0.2, 0.25) is 5.91 Å². The van der Waals surface area contributed by atoms with Crippen LogP contribution in [0.1, 0.15) is 56.6 Å². The van der Waals surface area contributed by atoms with Crippen LogP contribution in [-0.4, -0.2) is 23.9 Å². The fraction of sp³-hybridized carbons (Fsp3) is 0.588. The van der Waals surface area contributed by atoms with Crippen LogP contribution in [0.25, 0.3) is 0 Å². The predicted molar refractivity (Wildman–Crippen MR) is 89.5 cm³/mol. The highest BCUT2D eigenvalue weighted by Gasteiger charge is 2.27. The Morgan fingerprint density at radius 2 is 1.90 bits per heavy atom. The Balaban J connectivity index is 0.00000220. The van der Waals surface area contributed by atoms with Crippen LogP contribution in [0, 0.1) is 0 Å². The molecule has 0 spiro atoms. The first-order valence-corrected chi connectivity index (χ1v) is 7.87. The van der Waals surface area contributed by atoms with Crippen molar-refractivity contribution in [2.75, 3.05) is 13.1 Å². The molecule has 0 radical (unpaired) electrons. The van der Waals surface area contributed by atoms with Crippen molar-refractivity contribution in [1.82, 2.24) is 4.90 Å². The van der Waals surface area contributed by atoms with Gasteiger partial charge in [-0.05, 0) is 44.2 Å².